The van der Waals surface area contributed by atoms with E-state index in [1.54, 1.807) is 6.92 Å². The van der Waals surface area contributed by atoms with E-state index in [1.807, 2.05) is 30.3 Å². The van der Waals surface area contributed by atoms with E-state index in [1.165, 1.54) is 0 Å². The normalized spacial score (nSPS) is 28.5. The van der Waals surface area contributed by atoms with Crippen molar-refractivity contribution in [2.75, 3.05) is 6.61 Å². The lowest BCUT2D eigenvalue weighted by molar-refractivity contribution is -0.145. The summed E-state index contributed by atoms with van der Waals surface area (Å²) in [6, 6.07) is 9.86. The molecular formula is C12H15NO2. The number of hydrogen-bond donors (Lipinski definition) is 1. The highest BCUT2D eigenvalue weighted by Crippen LogP contribution is 2.50. The molecule has 2 N–H and O–H groups in total. The molecule has 0 spiro atoms. The molecule has 1 aromatic rings. The van der Waals surface area contributed by atoms with Crippen molar-refractivity contribution < 1.29 is 9.53 Å². The van der Waals surface area contributed by atoms with Crippen molar-refractivity contribution in [3.8, 4) is 0 Å². The van der Waals surface area contributed by atoms with Gasteiger partial charge in [0.2, 0.25) is 0 Å². The predicted octanol–water partition coefficient (Wildman–Crippen LogP) is 1.43. The van der Waals surface area contributed by atoms with Crippen LogP contribution < -0.4 is 5.73 Å². The Bertz CT molecular complexity index is 363. The van der Waals surface area contributed by atoms with Crippen LogP contribution in [0.5, 0.6) is 0 Å². The van der Waals surface area contributed by atoms with Crippen LogP contribution in [-0.2, 0) is 9.53 Å². The number of nitrogens with two attached hydrogens (primary N) is 1. The van der Waals surface area contributed by atoms with Crippen molar-refractivity contribution in [3.63, 3.8) is 0 Å². The molecule has 0 saturated heterocycles. The largest absolute Gasteiger partial charge is 0.465 e. The highest BCUT2D eigenvalue weighted by atomic mass is 16.5. The van der Waals surface area contributed by atoms with Gasteiger partial charge in [0, 0.05) is 5.92 Å². The van der Waals surface area contributed by atoms with Crippen molar-refractivity contribution >= 4 is 5.97 Å². The second-order valence-corrected chi connectivity index (χ2v) is 3.93. The molecule has 0 aliphatic heterocycles. The molecular weight excluding hydrogens is 190 g/mol. The summed E-state index contributed by atoms with van der Waals surface area (Å²) in [5.74, 6) is -0.156. The van der Waals surface area contributed by atoms with Crippen molar-refractivity contribution in [2.24, 2.45) is 5.73 Å². The standard InChI is InChI=1S/C12H15NO2/c1-2-15-11(14)12(13)8-10(12)9-6-4-3-5-7-9/h3-7,10H,2,8,13H2,1H3/t10?,12-/m0/s1. The van der Waals surface area contributed by atoms with Gasteiger partial charge in [-0.25, -0.2) is 0 Å². The first-order valence-corrected chi connectivity index (χ1v) is 5.19. The topological polar surface area (TPSA) is 52.3 Å². The Kier molecular flexibility index (Phi) is 2.49. The molecule has 0 bridgehead atoms. The molecule has 1 aliphatic rings. The molecule has 0 amide bonds. The van der Waals surface area contributed by atoms with Crippen molar-refractivity contribution in [1.82, 2.24) is 0 Å². The average Bonchev–Trinajstić information content (AvgIpc) is 2.94. The van der Waals surface area contributed by atoms with Gasteiger partial charge in [-0.3, -0.25) is 4.79 Å². The maximum atomic E-state index is 11.6. The minimum absolute atomic E-state index is 0.123. The van der Waals surface area contributed by atoms with E-state index in [0.29, 0.717) is 13.0 Å². The lowest BCUT2D eigenvalue weighted by Gasteiger charge is -2.10. The fraction of sp³-hybridized carbons (Fsp3) is 0.417. The molecule has 1 aromatic carbocycles. The number of hydrogen-bond acceptors (Lipinski definition) is 3. The molecule has 1 fully saturated rings. The molecule has 3 nitrogen and oxygen atoms in total. The number of carbonyl (C=O) groups is 1. The zero-order chi connectivity index (χ0) is 10.9. The highest BCUT2D eigenvalue weighted by molar-refractivity contribution is 5.86. The van der Waals surface area contributed by atoms with Crippen LogP contribution in [0.2, 0.25) is 0 Å². The van der Waals surface area contributed by atoms with Gasteiger partial charge in [-0.15, -0.1) is 0 Å². The van der Waals surface area contributed by atoms with E-state index in [2.05, 4.69) is 0 Å². The summed E-state index contributed by atoms with van der Waals surface area (Å²) in [6.45, 7) is 2.18. The summed E-state index contributed by atoms with van der Waals surface area (Å²) in [6.07, 6.45) is 0.690. The van der Waals surface area contributed by atoms with Crippen LogP contribution in [0.4, 0.5) is 0 Å². The summed E-state index contributed by atoms with van der Waals surface area (Å²) in [5, 5.41) is 0. The van der Waals surface area contributed by atoms with E-state index in [4.69, 9.17) is 10.5 Å². The minimum atomic E-state index is -0.780. The number of carbonyl (C=O) groups excluding carboxylic acids is 1. The monoisotopic (exact) mass is 205 g/mol. The molecule has 0 heterocycles. The molecule has 0 radical (unpaired) electrons. The first kappa shape index (κ1) is 10.2. The second kappa shape index (κ2) is 3.66. The summed E-state index contributed by atoms with van der Waals surface area (Å²) in [4.78, 5) is 11.6. The molecule has 80 valence electrons. The minimum Gasteiger partial charge on any atom is -0.465 e. The van der Waals surface area contributed by atoms with Gasteiger partial charge in [0.15, 0.2) is 0 Å². The van der Waals surface area contributed by atoms with E-state index in [-0.39, 0.29) is 11.9 Å². The average molecular weight is 205 g/mol. The summed E-state index contributed by atoms with van der Waals surface area (Å²) < 4.78 is 4.96. The number of ether oxygens (including phenoxy) is 1. The van der Waals surface area contributed by atoms with Gasteiger partial charge in [0.05, 0.1) is 6.61 Å². The van der Waals surface area contributed by atoms with Crippen LogP contribution in [0.25, 0.3) is 0 Å². The maximum Gasteiger partial charge on any atom is 0.326 e. The van der Waals surface area contributed by atoms with Gasteiger partial charge in [0.1, 0.15) is 5.54 Å². The third kappa shape index (κ3) is 1.75. The molecule has 2 rings (SSSR count). The molecule has 1 unspecified atom stereocenters. The number of rotatable bonds is 3. The Morgan fingerprint density at radius 1 is 1.53 bits per heavy atom. The predicted molar refractivity (Wildman–Crippen MR) is 57.4 cm³/mol. The van der Waals surface area contributed by atoms with Crippen molar-refractivity contribution in [1.29, 1.82) is 0 Å². The van der Waals surface area contributed by atoms with Crippen LogP contribution >= 0.6 is 0 Å². The van der Waals surface area contributed by atoms with E-state index in [0.717, 1.165) is 5.56 Å². The third-order valence-corrected chi connectivity index (χ3v) is 2.86. The zero-order valence-corrected chi connectivity index (χ0v) is 8.77. The van der Waals surface area contributed by atoms with Crippen LogP contribution in [0.15, 0.2) is 30.3 Å². The second-order valence-electron chi connectivity index (χ2n) is 3.93. The Balaban J connectivity index is 2.09. The fourth-order valence-electron chi connectivity index (χ4n) is 1.87. The molecule has 0 aromatic heterocycles. The molecule has 3 heteroatoms. The zero-order valence-electron chi connectivity index (χ0n) is 8.77. The highest BCUT2D eigenvalue weighted by Gasteiger charge is 2.58. The quantitative estimate of drug-likeness (QED) is 0.759. The lowest BCUT2D eigenvalue weighted by atomic mass is 10.1. The SMILES string of the molecule is CCOC(=O)[C@]1(N)CC1c1ccccc1. The van der Waals surface area contributed by atoms with Gasteiger partial charge < -0.3 is 10.5 Å². The van der Waals surface area contributed by atoms with Crippen LogP contribution in [-0.4, -0.2) is 18.1 Å². The van der Waals surface area contributed by atoms with Crippen LogP contribution in [0, 0.1) is 0 Å². The van der Waals surface area contributed by atoms with Gasteiger partial charge in [-0.1, -0.05) is 30.3 Å². The number of benzene rings is 1. The molecule has 15 heavy (non-hydrogen) atoms. The third-order valence-electron chi connectivity index (χ3n) is 2.86. The Labute approximate surface area is 89.2 Å². The van der Waals surface area contributed by atoms with Crippen molar-refractivity contribution in [2.45, 2.75) is 24.8 Å². The lowest BCUT2D eigenvalue weighted by Crippen LogP contribution is -2.36. The Hall–Kier alpha value is -1.35. The fourth-order valence-corrected chi connectivity index (χ4v) is 1.87. The smallest absolute Gasteiger partial charge is 0.326 e. The van der Waals surface area contributed by atoms with Crippen molar-refractivity contribution in [3.05, 3.63) is 35.9 Å². The van der Waals surface area contributed by atoms with Gasteiger partial charge in [-0.2, -0.15) is 0 Å². The molecule has 1 saturated carbocycles. The first-order chi connectivity index (χ1) is 7.18. The maximum absolute atomic E-state index is 11.6. The van der Waals surface area contributed by atoms with Crippen LogP contribution in [0.3, 0.4) is 0 Å². The summed E-state index contributed by atoms with van der Waals surface area (Å²) >= 11 is 0. The molecule has 2 atom stereocenters. The van der Waals surface area contributed by atoms with Crippen LogP contribution in [0.1, 0.15) is 24.8 Å². The first-order valence-electron chi connectivity index (χ1n) is 5.19. The van der Waals surface area contributed by atoms with E-state index < -0.39 is 5.54 Å². The van der Waals surface area contributed by atoms with E-state index in [9.17, 15) is 4.79 Å². The number of esters is 1. The Morgan fingerprint density at radius 2 is 2.20 bits per heavy atom. The Morgan fingerprint density at radius 3 is 2.80 bits per heavy atom. The molecule has 1 aliphatic carbocycles. The van der Waals surface area contributed by atoms with E-state index >= 15 is 0 Å². The van der Waals surface area contributed by atoms with Gasteiger partial charge in [0.25, 0.3) is 0 Å². The summed E-state index contributed by atoms with van der Waals surface area (Å²) in [5.41, 5.74) is 6.32. The summed E-state index contributed by atoms with van der Waals surface area (Å²) in [7, 11) is 0. The van der Waals surface area contributed by atoms with Gasteiger partial charge in [-0.05, 0) is 18.9 Å². The van der Waals surface area contributed by atoms with Gasteiger partial charge >= 0.3 is 5.97 Å².